The van der Waals surface area contributed by atoms with Crippen LogP contribution in [0.4, 0.5) is 4.39 Å². The van der Waals surface area contributed by atoms with E-state index in [4.69, 9.17) is 15.1 Å². The average molecular weight is 262 g/mol. The number of carboxylic acid groups (broad SMARTS) is 1. The summed E-state index contributed by atoms with van der Waals surface area (Å²) in [6, 6.07) is 5.36. The van der Waals surface area contributed by atoms with Gasteiger partial charge in [0, 0.05) is 11.6 Å². The summed E-state index contributed by atoms with van der Waals surface area (Å²) in [6.45, 7) is 0. The van der Waals surface area contributed by atoms with Crippen molar-refractivity contribution in [1.29, 1.82) is 5.26 Å². The van der Waals surface area contributed by atoms with Gasteiger partial charge < -0.3 is 14.4 Å². The molecule has 96 valence electrons. The van der Waals surface area contributed by atoms with Crippen molar-refractivity contribution in [2.24, 2.45) is 0 Å². The third kappa shape index (κ3) is 2.24. The van der Waals surface area contributed by atoms with E-state index in [2.05, 4.69) is 9.68 Å². The summed E-state index contributed by atoms with van der Waals surface area (Å²) in [5, 5.41) is 21.1. The normalized spacial score (nSPS) is 9.95. The van der Waals surface area contributed by atoms with Gasteiger partial charge in [0.05, 0.1) is 12.7 Å². The van der Waals surface area contributed by atoms with E-state index >= 15 is 0 Å². The molecule has 0 amide bonds. The molecule has 0 atom stereocenters. The van der Waals surface area contributed by atoms with Gasteiger partial charge >= 0.3 is 5.97 Å². The first-order valence-electron chi connectivity index (χ1n) is 5.05. The second-order valence-electron chi connectivity index (χ2n) is 3.53. The van der Waals surface area contributed by atoms with Gasteiger partial charge in [-0.2, -0.15) is 5.26 Å². The molecule has 1 heterocycles. The highest BCUT2D eigenvalue weighted by Crippen LogP contribution is 2.29. The molecule has 6 nitrogen and oxygen atoms in total. The number of benzene rings is 1. The number of carboxylic acids is 1. The largest absolute Gasteiger partial charge is 0.492 e. The topological polar surface area (TPSA) is 96.3 Å². The molecule has 0 spiro atoms. The fraction of sp³-hybridized carbons (Fsp3) is 0.0833. The SMILES string of the molecule is COc1c(F)cc(-c2cc(C(=O)O)on2)cc1C#N. The Morgan fingerprint density at radius 2 is 2.26 bits per heavy atom. The van der Waals surface area contributed by atoms with Gasteiger partial charge in [0.25, 0.3) is 0 Å². The molecule has 0 saturated heterocycles. The Morgan fingerprint density at radius 3 is 2.79 bits per heavy atom. The van der Waals surface area contributed by atoms with E-state index in [1.165, 1.54) is 13.2 Å². The highest BCUT2D eigenvalue weighted by Gasteiger charge is 2.16. The number of nitriles is 1. The van der Waals surface area contributed by atoms with E-state index in [1.807, 2.05) is 0 Å². The Kier molecular flexibility index (Phi) is 3.16. The van der Waals surface area contributed by atoms with E-state index in [-0.39, 0.29) is 28.3 Å². The van der Waals surface area contributed by atoms with Crippen LogP contribution in [0.25, 0.3) is 11.3 Å². The monoisotopic (exact) mass is 262 g/mol. The highest BCUT2D eigenvalue weighted by atomic mass is 19.1. The molecule has 2 rings (SSSR count). The fourth-order valence-corrected chi connectivity index (χ4v) is 1.54. The molecule has 2 aromatic rings. The first kappa shape index (κ1) is 12.6. The summed E-state index contributed by atoms with van der Waals surface area (Å²) in [4.78, 5) is 10.7. The Bertz CT molecular complexity index is 688. The standard InChI is InChI=1S/C12H7FN2O4/c1-18-11-7(5-14)2-6(3-8(11)13)9-4-10(12(16)17)19-15-9/h2-4H,1H3,(H,16,17). The van der Waals surface area contributed by atoms with Gasteiger partial charge in [-0.3, -0.25) is 0 Å². The van der Waals surface area contributed by atoms with Crippen LogP contribution < -0.4 is 4.74 Å². The molecule has 1 aromatic carbocycles. The Morgan fingerprint density at radius 1 is 1.53 bits per heavy atom. The maximum atomic E-state index is 13.7. The molecule has 1 N–H and O–H groups in total. The number of rotatable bonds is 3. The van der Waals surface area contributed by atoms with Crippen molar-refractivity contribution in [3.8, 4) is 23.1 Å². The van der Waals surface area contributed by atoms with Crippen molar-refractivity contribution in [3.63, 3.8) is 0 Å². The summed E-state index contributed by atoms with van der Waals surface area (Å²) in [6.07, 6.45) is 0. The third-order valence-electron chi connectivity index (χ3n) is 2.38. The molecule has 19 heavy (non-hydrogen) atoms. The smallest absolute Gasteiger partial charge is 0.374 e. The average Bonchev–Trinajstić information content (AvgIpc) is 2.87. The van der Waals surface area contributed by atoms with Gasteiger partial charge in [-0.05, 0) is 12.1 Å². The van der Waals surface area contributed by atoms with Gasteiger partial charge in [0.2, 0.25) is 5.76 Å². The fourth-order valence-electron chi connectivity index (χ4n) is 1.54. The number of halogens is 1. The van der Waals surface area contributed by atoms with Crippen molar-refractivity contribution < 1.29 is 23.6 Å². The predicted octanol–water partition coefficient (Wildman–Crippen LogP) is 2.06. The van der Waals surface area contributed by atoms with E-state index < -0.39 is 11.8 Å². The van der Waals surface area contributed by atoms with Crippen molar-refractivity contribution in [1.82, 2.24) is 5.16 Å². The lowest BCUT2D eigenvalue weighted by atomic mass is 10.1. The molecule has 0 radical (unpaired) electrons. The zero-order chi connectivity index (χ0) is 14.0. The summed E-state index contributed by atoms with van der Waals surface area (Å²) in [5.41, 5.74) is 0.332. The maximum Gasteiger partial charge on any atom is 0.374 e. The zero-order valence-electron chi connectivity index (χ0n) is 9.68. The molecular formula is C12H7FN2O4. The predicted molar refractivity (Wildman–Crippen MR) is 60.1 cm³/mol. The van der Waals surface area contributed by atoms with Crippen molar-refractivity contribution in [2.45, 2.75) is 0 Å². The molecule has 0 unspecified atom stereocenters. The van der Waals surface area contributed by atoms with Crippen LogP contribution in [-0.4, -0.2) is 23.3 Å². The lowest BCUT2D eigenvalue weighted by Gasteiger charge is -2.05. The lowest BCUT2D eigenvalue weighted by Crippen LogP contribution is -1.94. The van der Waals surface area contributed by atoms with Crippen LogP contribution in [0.3, 0.4) is 0 Å². The highest BCUT2D eigenvalue weighted by molar-refractivity contribution is 5.85. The minimum absolute atomic E-state index is 0.0163. The molecule has 0 aliphatic rings. The third-order valence-corrected chi connectivity index (χ3v) is 2.38. The Labute approximate surface area is 106 Å². The van der Waals surface area contributed by atoms with Gasteiger partial charge in [0.1, 0.15) is 11.8 Å². The van der Waals surface area contributed by atoms with Crippen LogP contribution in [0.1, 0.15) is 16.1 Å². The molecule has 0 aliphatic carbocycles. The zero-order valence-corrected chi connectivity index (χ0v) is 9.68. The number of hydrogen-bond donors (Lipinski definition) is 1. The molecule has 0 fully saturated rings. The lowest BCUT2D eigenvalue weighted by molar-refractivity contribution is 0.0652. The first-order valence-corrected chi connectivity index (χ1v) is 5.05. The maximum absolute atomic E-state index is 13.7. The number of carbonyl (C=O) groups is 1. The van der Waals surface area contributed by atoms with Crippen LogP contribution in [-0.2, 0) is 0 Å². The number of nitrogens with zero attached hydrogens (tertiary/aromatic N) is 2. The van der Waals surface area contributed by atoms with Crippen LogP contribution in [0, 0.1) is 17.1 Å². The van der Waals surface area contributed by atoms with Crippen molar-refractivity contribution in [2.75, 3.05) is 7.11 Å². The second kappa shape index (κ2) is 4.78. The number of methoxy groups -OCH3 is 1. The van der Waals surface area contributed by atoms with Crippen LogP contribution in [0.15, 0.2) is 22.7 Å². The van der Waals surface area contributed by atoms with Gasteiger partial charge in [0.15, 0.2) is 11.6 Å². The van der Waals surface area contributed by atoms with E-state index in [0.717, 1.165) is 12.1 Å². The minimum atomic E-state index is -1.28. The quantitative estimate of drug-likeness (QED) is 0.909. The van der Waals surface area contributed by atoms with E-state index in [9.17, 15) is 9.18 Å². The van der Waals surface area contributed by atoms with Crippen LogP contribution in [0.5, 0.6) is 5.75 Å². The summed E-state index contributed by atoms with van der Waals surface area (Å²) < 4.78 is 23.0. The summed E-state index contributed by atoms with van der Waals surface area (Å²) in [5.74, 6) is -2.57. The molecule has 0 bridgehead atoms. The molecule has 0 saturated carbocycles. The number of ether oxygens (including phenoxy) is 1. The van der Waals surface area contributed by atoms with Gasteiger partial charge in [-0.1, -0.05) is 5.16 Å². The first-order chi connectivity index (χ1) is 9.06. The van der Waals surface area contributed by atoms with Crippen LogP contribution >= 0.6 is 0 Å². The second-order valence-corrected chi connectivity index (χ2v) is 3.53. The van der Waals surface area contributed by atoms with Crippen LogP contribution in [0.2, 0.25) is 0 Å². The Hall–Kier alpha value is -2.88. The molecule has 7 heteroatoms. The van der Waals surface area contributed by atoms with Crippen molar-refractivity contribution >= 4 is 5.97 Å². The molecular weight excluding hydrogens is 255 g/mol. The van der Waals surface area contributed by atoms with Gasteiger partial charge in [-0.15, -0.1) is 0 Å². The van der Waals surface area contributed by atoms with Crippen molar-refractivity contribution in [3.05, 3.63) is 35.3 Å². The number of aromatic nitrogens is 1. The van der Waals surface area contributed by atoms with E-state index in [0.29, 0.717) is 0 Å². The van der Waals surface area contributed by atoms with Gasteiger partial charge in [-0.25, -0.2) is 9.18 Å². The summed E-state index contributed by atoms with van der Waals surface area (Å²) in [7, 11) is 1.25. The molecule has 0 aliphatic heterocycles. The summed E-state index contributed by atoms with van der Waals surface area (Å²) >= 11 is 0. The number of hydrogen-bond acceptors (Lipinski definition) is 5. The minimum Gasteiger partial charge on any atom is -0.492 e. The number of aromatic carboxylic acids is 1. The molecule has 1 aromatic heterocycles. The van der Waals surface area contributed by atoms with E-state index in [1.54, 1.807) is 6.07 Å². The Balaban J connectivity index is 2.54.